The number of anilines is 2. The van der Waals surface area contributed by atoms with E-state index in [-0.39, 0.29) is 24.2 Å². The van der Waals surface area contributed by atoms with Crippen LogP contribution in [0.25, 0.3) is 0 Å². The molecule has 2 heterocycles. The van der Waals surface area contributed by atoms with Gasteiger partial charge in [-0.3, -0.25) is 14.5 Å². The van der Waals surface area contributed by atoms with Gasteiger partial charge in [0.2, 0.25) is 11.9 Å². The molecule has 1 amide bonds. The number of rotatable bonds is 15. The van der Waals surface area contributed by atoms with Crippen molar-refractivity contribution in [2.24, 2.45) is 0 Å². The summed E-state index contributed by atoms with van der Waals surface area (Å²) in [4.78, 5) is 38.2. The number of hydrogen-bond donors (Lipinski definition) is 2. The summed E-state index contributed by atoms with van der Waals surface area (Å²) in [5.41, 5.74) is 9.84. The van der Waals surface area contributed by atoms with E-state index < -0.39 is 0 Å². The first-order chi connectivity index (χ1) is 18.9. The molecular formula is C30H46N6O3. The van der Waals surface area contributed by atoms with Crippen molar-refractivity contribution in [3.63, 3.8) is 0 Å². The highest BCUT2D eigenvalue weighted by Gasteiger charge is 2.20. The molecule has 0 aliphatic carbocycles. The number of nitrogens with zero attached hydrogens (tertiary/aromatic N) is 4. The van der Waals surface area contributed by atoms with Crippen molar-refractivity contribution >= 4 is 23.6 Å². The van der Waals surface area contributed by atoms with Gasteiger partial charge >= 0.3 is 5.97 Å². The number of aryl methyl sites for hydroxylation is 1. The van der Waals surface area contributed by atoms with Crippen molar-refractivity contribution < 1.29 is 14.3 Å². The zero-order chi connectivity index (χ0) is 28.0. The van der Waals surface area contributed by atoms with E-state index >= 15 is 0 Å². The SMILES string of the molecule is CCCCCNc1nc(N)nc(C)c1CCCN(Cc1ccc(CC(=O)OC)cc1)C(=O)CN1CCCCC1. The maximum absolute atomic E-state index is 13.5. The van der Waals surface area contributed by atoms with Gasteiger partial charge in [-0.25, -0.2) is 4.98 Å². The van der Waals surface area contributed by atoms with Gasteiger partial charge in [0.1, 0.15) is 5.82 Å². The predicted octanol–water partition coefficient (Wildman–Crippen LogP) is 4.13. The Morgan fingerprint density at radius 2 is 1.77 bits per heavy atom. The third-order valence-electron chi connectivity index (χ3n) is 7.29. The molecule has 0 bridgehead atoms. The monoisotopic (exact) mass is 538 g/mol. The number of nitrogens with two attached hydrogens (primary N) is 1. The summed E-state index contributed by atoms with van der Waals surface area (Å²) in [5, 5.41) is 3.46. The van der Waals surface area contributed by atoms with Crippen LogP contribution >= 0.6 is 0 Å². The molecule has 9 nitrogen and oxygen atoms in total. The van der Waals surface area contributed by atoms with E-state index in [1.54, 1.807) is 0 Å². The van der Waals surface area contributed by atoms with E-state index in [1.165, 1.54) is 20.0 Å². The van der Waals surface area contributed by atoms with Crippen LogP contribution in [-0.2, 0) is 33.7 Å². The van der Waals surface area contributed by atoms with Gasteiger partial charge in [0.15, 0.2) is 0 Å². The van der Waals surface area contributed by atoms with Crippen LogP contribution in [0.15, 0.2) is 24.3 Å². The van der Waals surface area contributed by atoms with Crippen LogP contribution in [0, 0.1) is 6.92 Å². The van der Waals surface area contributed by atoms with Gasteiger partial charge < -0.3 is 20.7 Å². The number of methoxy groups -OCH3 is 1. The number of nitrogens with one attached hydrogen (secondary N) is 1. The molecule has 0 radical (unpaired) electrons. The van der Waals surface area contributed by atoms with E-state index in [1.807, 2.05) is 36.1 Å². The molecule has 0 saturated carbocycles. The number of unbranched alkanes of at least 4 members (excludes halogenated alkanes) is 2. The number of amides is 1. The van der Waals surface area contributed by atoms with Gasteiger partial charge in [-0.1, -0.05) is 50.5 Å². The summed E-state index contributed by atoms with van der Waals surface area (Å²) in [6.45, 7) is 8.60. The molecule has 0 spiro atoms. The zero-order valence-electron chi connectivity index (χ0n) is 24.0. The smallest absolute Gasteiger partial charge is 0.309 e. The van der Waals surface area contributed by atoms with Crippen molar-refractivity contribution in [3.8, 4) is 0 Å². The number of carbonyl (C=O) groups excluding carboxylic acids is 2. The molecule has 1 aromatic carbocycles. The second kappa shape index (κ2) is 16.0. The van der Waals surface area contributed by atoms with E-state index in [4.69, 9.17) is 10.5 Å². The number of nitrogen functional groups attached to an aromatic ring is 1. The largest absolute Gasteiger partial charge is 0.469 e. The van der Waals surface area contributed by atoms with Crippen molar-refractivity contribution in [2.75, 3.05) is 50.9 Å². The maximum atomic E-state index is 13.5. The summed E-state index contributed by atoms with van der Waals surface area (Å²) < 4.78 is 4.77. The van der Waals surface area contributed by atoms with Crippen LogP contribution in [0.4, 0.5) is 11.8 Å². The first kappa shape index (κ1) is 30.3. The van der Waals surface area contributed by atoms with Gasteiger partial charge in [-0.15, -0.1) is 0 Å². The Bertz CT molecular complexity index is 1050. The van der Waals surface area contributed by atoms with Crippen molar-refractivity contribution in [3.05, 3.63) is 46.6 Å². The Morgan fingerprint density at radius 3 is 2.46 bits per heavy atom. The van der Waals surface area contributed by atoms with E-state index in [0.29, 0.717) is 19.6 Å². The number of esters is 1. The van der Waals surface area contributed by atoms with E-state index in [9.17, 15) is 9.59 Å². The summed E-state index contributed by atoms with van der Waals surface area (Å²) in [6.07, 6.45) is 8.75. The molecule has 1 fully saturated rings. The molecule has 214 valence electrons. The molecule has 0 atom stereocenters. The highest BCUT2D eigenvalue weighted by atomic mass is 16.5. The molecule has 1 aliphatic heterocycles. The highest BCUT2D eigenvalue weighted by molar-refractivity contribution is 5.78. The van der Waals surface area contributed by atoms with Crippen LogP contribution < -0.4 is 11.1 Å². The molecule has 3 rings (SSSR count). The number of carbonyl (C=O) groups is 2. The molecule has 39 heavy (non-hydrogen) atoms. The maximum Gasteiger partial charge on any atom is 0.309 e. The first-order valence-electron chi connectivity index (χ1n) is 14.4. The topological polar surface area (TPSA) is 114 Å². The molecule has 0 unspecified atom stereocenters. The molecule has 9 heteroatoms. The highest BCUT2D eigenvalue weighted by Crippen LogP contribution is 2.20. The molecule has 1 aromatic heterocycles. The van der Waals surface area contributed by atoms with Crippen LogP contribution in [-0.4, -0.2) is 71.5 Å². The number of hydrogen-bond acceptors (Lipinski definition) is 8. The Kier molecular flexibility index (Phi) is 12.5. The Balaban J connectivity index is 1.67. The van der Waals surface area contributed by atoms with Crippen LogP contribution in [0.3, 0.4) is 0 Å². The lowest BCUT2D eigenvalue weighted by molar-refractivity contribution is -0.139. The normalized spacial score (nSPS) is 13.7. The van der Waals surface area contributed by atoms with E-state index in [0.717, 1.165) is 86.4 Å². The van der Waals surface area contributed by atoms with Gasteiger partial charge in [0.05, 0.1) is 20.1 Å². The second-order valence-electron chi connectivity index (χ2n) is 10.5. The van der Waals surface area contributed by atoms with Crippen LogP contribution in [0.2, 0.25) is 0 Å². The minimum atomic E-state index is -0.262. The molecule has 1 saturated heterocycles. The van der Waals surface area contributed by atoms with Gasteiger partial charge in [0, 0.05) is 30.9 Å². The fraction of sp³-hybridized carbons (Fsp3) is 0.600. The fourth-order valence-electron chi connectivity index (χ4n) is 5.01. The minimum Gasteiger partial charge on any atom is -0.469 e. The summed E-state index contributed by atoms with van der Waals surface area (Å²) in [6, 6.07) is 7.86. The van der Waals surface area contributed by atoms with E-state index in [2.05, 4.69) is 27.1 Å². The lowest BCUT2D eigenvalue weighted by Gasteiger charge is -2.30. The third-order valence-corrected chi connectivity index (χ3v) is 7.29. The van der Waals surface area contributed by atoms with Crippen molar-refractivity contribution in [2.45, 2.75) is 78.2 Å². The van der Waals surface area contributed by atoms with Crippen molar-refractivity contribution in [1.82, 2.24) is 19.8 Å². The van der Waals surface area contributed by atoms with Gasteiger partial charge in [-0.05, 0) is 63.2 Å². The van der Waals surface area contributed by atoms with Crippen LogP contribution in [0.1, 0.15) is 74.3 Å². The Labute approximate surface area is 233 Å². The summed E-state index contributed by atoms with van der Waals surface area (Å²) in [5.74, 6) is 0.979. The number of ether oxygens (including phenoxy) is 1. The van der Waals surface area contributed by atoms with Crippen LogP contribution in [0.5, 0.6) is 0 Å². The molecule has 1 aliphatic rings. The lowest BCUT2D eigenvalue weighted by Crippen LogP contribution is -2.42. The Morgan fingerprint density at radius 1 is 1.05 bits per heavy atom. The third kappa shape index (κ3) is 10.1. The average Bonchev–Trinajstić information content (AvgIpc) is 2.93. The quantitative estimate of drug-likeness (QED) is 0.257. The average molecular weight is 539 g/mol. The molecule has 2 aromatic rings. The summed E-state index contributed by atoms with van der Waals surface area (Å²) in [7, 11) is 1.39. The standard InChI is InChI=1S/C30H46N6O3/c1-4-5-7-16-32-29-26(23(2)33-30(31)34-29)11-10-19-36(27(37)22-35-17-8-6-9-18-35)21-25-14-12-24(13-15-25)20-28(38)39-3/h12-15H,4-11,16-22H2,1-3H3,(H3,31,32,33,34). The van der Waals surface area contributed by atoms with Gasteiger partial charge in [0.25, 0.3) is 0 Å². The fourth-order valence-corrected chi connectivity index (χ4v) is 5.01. The lowest BCUT2D eigenvalue weighted by atomic mass is 10.1. The number of benzene rings is 1. The minimum absolute atomic E-state index is 0.152. The first-order valence-corrected chi connectivity index (χ1v) is 14.4. The summed E-state index contributed by atoms with van der Waals surface area (Å²) >= 11 is 0. The number of likely N-dealkylation sites (tertiary alicyclic amines) is 1. The van der Waals surface area contributed by atoms with Crippen molar-refractivity contribution in [1.29, 1.82) is 0 Å². The van der Waals surface area contributed by atoms with Gasteiger partial charge in [-0.2, -0.15) is 4.98 Å². The number of aromatic nitrogens is 2. The molecule has 3 N–H and O–H groups in total. The predicted molar refractivity (Wildman–Crippen MR) is 155 cm³/mol. The molecular weight excluding hydrogens is 492 g/mol. The second-order valence-corrected chi connectivity index (χ2v) is 10.5. The zero-order valence-corrected chi connectivity index (χ0v) is 24.0. The Hall–Kier alpha value is -3.20. The number of piperidine rings is 1.